The quantitative estimate of drug-likeness (QED) is 0.295. The molecule has 1 aromatic heterocycles. The summed E-state index contributed by atoms with van der Waals surface area (Å²) in [6.07, 6.45) is 0.756. The molecule has 0 unspecified atom stereocenters. The van der Waals surface area contributed by atoms with E-state index >= 15 is 0 Å². The van der Waals surface area contributed by atoms with Gasteiger partial charge >= 0.3 is 0 Å². The molecule has 0 N–H and O–H groups in total. The second kappa shape index (κ2) is 10.2. The molecule has 0 spiro atoms. The van der Waals surface area contributed by atoms with E-state index in [9.17, 15) is 9.18 Å². The highest BCUT2D eigenvalue weighted by Crippen LogP contribution is 2.23. The van der Waals surface area contributed by atoms with Crippen LogP contribution in [0.15, 0.2) is 78.9 Å². The summed E-state index contributed by atoms with van der Waals surface area (Å²) < 4.78 is 21.0. The first-order valence-electron chi connectivity index (χ1n) is 11.1. The maximum absolute atomic E-state index is 13.1. The molecule has 0 atom stereocenters. The number of nitrogens with zero attached hydrogens (tertiary/aromatic N) is 2. The molecule has 3 aromatic carbocycles. The third-order valence-electron chi connectivity index (χ3n) is 5.98. The summed E-state index contributed by atoms with van der Waals surface area (Å²) in [5.74, 6) is 0.307. The topological polar surface area (TPSA) is 55.0 Å². The van der Waals surface area contributed by atoms with E-state index in [0.717, 1.165) is 34.5 Å². The van der Waals surface area contributed by atoms with Crippen LogP contribution in [0.5, 0.6) is 5.75 Å². The van der Waals surface area contributed by atoms with Crippen molar-refractivity contribution in [1.82, 2.24) is 4.57 Å². The minimum atomic E-state index is -0.242. The number of rotatable bonds is 8. The second-order valence-electron chi connectivity index (χ2n) is 8.24. The van der Waals surface area contributed by atoms with Crippen LogP contribution in [-0.2, 0) is 13.0 Å². The first-order chi connectivity index (χ1) is 16.4. The number of aromatic nitrogens is 1. The van der Waals surface area contributed by atoms with Crippen molar-refractivity contribution in [3.63, 3.8) is 0 Å². The molecular formula is C29H25FN2O2. The molecule has 0 amide bonds. The highest BCUT2D eigenvalue weighted by molar-refractivity contribution is 5.98. The van der Waals surface area contributed by atoms with E-state index in [4.69, 9.17) is 10.00 Å². The van der Waals surface area contributed by atoms with Gasteiger partial charge in [0.25, 0.3) is 0 Å². The molecular weight excluding hydrogens is 427 g/mol. The molecule has 4 nitrogen and oxygen atoms in total. The number of ether oxygens (including phenoxy) is 1. The van der Waals surface area contributed by atoms with Gasteiger partial charge in [-0.1, -0.05) is 36.4 Å². The number of nitriles is 1. The average molecular weight is 453 g/mol. The van der Waals surface area contributed by atoms with Gasteiger partial charge in [-0.15, -0.1) is 0 Å². The Hall–Kier alpha value is -4.17. The van der Waals surface area contributed by atoms with Gasteiger partial charge in [-0.25, -0.2) is 4.39 Å². The maximum atomic E-state index is 13.1. The molecule has 4 rings (SSSR count). The number of aryl methyl sites for hydroxylation is 2. The monoisotopic (exact) mass is 452 g/mol. The standard InChI is InChI=1S/C29H25FN2O2/c1-20-17-28(21(2)32(20)16-15-22-5-11-26(30)12-6-22)29(33)19-34-27-13-9-25(10-14-27)24-7-3-23(18-31)4-8-24/h3-14,17H,15-16,19H2,1-2H3. The van der Waals surface area contributed by atoms with Crippen LogP contribution < -0.4 is 4.74 Å². The van der Waals surface area contributed by atoms with E-state index in [1.807, 2.05) is 56.3 Å². The predicted molar refractivity (Wildman–Crippen MR) is 130 cm³/mol. The Labute approximate surface area is 198 Å². The van der Waals surface area contributed by atoms with Crippen LogP contribution in [0, 0.1) is 31.0 Å². The van der Waals surface area contributed by atoms with Crippen molar-refractivity contribution in [3.05, 3.63) is 113 Å². The fraction of sp³-hybridized carbons (Fsp3) is 0.172. The Kier molecular flexibility index (Phi) is 6.89. The van der Waals surface area contributed by atoms with Crippen molar-refractivity contribution in [2.24, 2.45) is 0 Å². The first-order valence-corrected chi connectivity index (χ1v) is 11.1. The Morgan fingerprint density at radius 1 is 0.941 bits per heavy atom. The average Bonchev–Trinajstić information content (AvgIpc) is 3.15. The van der Waals surface area contributed by atoms with Gasteiger partial charge in [-0.2, -0.15) is 5.26 Å². The molecule has 0 aliphatic rings. The molecule has 170 valence electrons. The number of ketones is 1. The van der Waals surface area contributed by atoms with Crippen LogP contribution in [0.4, 0.5) is 4.39 Å². The van der Waals surface area contributed by atoms with Crippen LogP contribution >= 0.6 is 0 Å². The van der Waals surface area contributed by atoms with Crippen LogP contribution in [0.25, 0.3) is 11.1 Å². The summed E-state index contributed by atoms with van der Waals surface area (Å²) >= 11 is 0. The minimum Gasteiger partial charge on any atom is -0.485 e. The van der Waals surface area contributed by atoms with Gasteiger partial charge in [-0.3, -0.25) is 4.79 Å². The number of hydrogen-bond donors (Lipinski definition) is 0. The zero-order chi connectivity index (χ0) is 24.1. The predicted octanol–water partition coefficient (Wildman–Crippen LogP) is 6.29. The Bertz CT molecular complexity index is 1330. The van der Waals surface area contributed by atoms with E-state index in [2.05, 4.69) is 10.6 Å². The molecule has 0 radical (unpaired) electrons. The summed E-state index contributed by atoms with van der Waals surface area (Å²) in [6.45, 7) is 4.60. The third-order valence-corrected chi connectivity index (χ3v) is 5.98. The molecule has 0 saturated carbocycles. The molecule has 1 heterocycles. The first kappa shape index (κ1) is 23.0. The maximum Gasteiger partial charge on any atom is 0.202 e. The fourth-order valence-electron chi connectivity index (χ4n) is 4.03. The number of halogens is 1. The molecule has 5 heteroatoms. The van der Waals surface area contributed by atoms with Crippen molar-refractivity contribution >= 4 is 5.78 Å². The van der Waals surface area contributed by atoms with E-state index in [0.29, 0.717) is 23.4 Å². The summed E-state index contributed by atoms with van der Waals surface area (Å²) in [5.41, 5.74) is 6.26. The number of benzene rings is 3. The van der Waals surface area contributed by atoms with Crippen LogP contribution in [-0.4, -0.2) is 17.0 Å². The van der Waals surface area contributed by atoms with Crippen molar-refractivity contribution in [3.8, 4) is 22.9 Å². The molecule has 4 aromatic rings. The lowest BCUT2D eigenvalue weighted by Gasteiger charge is -2.10. The summed E-state index contributed by atoms with van der Waals surface area (Å²) in [5, 5.41) is 8.93. The Morgan fingerprint density at radius 3 is 2.18 bits per heavy atom. The normalized spacial score (nSPS) is 10.6. The number of Topliss-reactive ketones (excluding diaryl/α,β-unsaturated/α-hetero) is 1. The van der Waals surface area contributed by atoms with Gasteiger partial charge < -0.3 is 9.30 Å². The zero-order valence-electron chi connectivity index (χ0n) is 19.2. The zero-order valence-corrected chi connectivity index (χ0v) is 19.2. The Morgan fingerprint density at radius 2 is 1.56 bits per heavy atom. The lowest BCUT2D eigenvalue weighted by Crippen LogP contribution is -2.13. The number of carbonyl (C=O) groups is 1. The third kappa shape index (κ3) is 5.24. The van der Waals surface area contributed by atoms with Crippen LogP contribution in [0.3, 0.4) is 0 Å². The van der Waals surface area contributed by atoms with Gasteiger partial charge in [0, 0.05) is 23.5 Å². The molecule has 34 heavy (non-hydrogen) atoms. The molecule has 0 aliphatic carbocycles. The number of hydrogen-bond acceptors (Lipinski definition) is 3. The summed E-state index contributed by atoms with van der Waals surface area (Å²) in [7, 11) is 0. The van der Waals surface area contributed by atoms with Gasteiger partial charge in [-0.05, 0) is 79.4 Å². The highest BCUT2D eigenvalue weighted by Gasteiger charge is 2.16. The van der Waals surface area contributed by atoms with Gasteiger partial charge in [0.2, 0.25) is 5.78 Å². The number of carbonyl (C=O) groups excluding carboxylic acids is 1. The Balaban J connectivity index is 1.37. The SMILES string of the molecule is Cc1cc(C(=O)COc2ccc(-c3ccc(C#N)cc3)cc2)c(C)n1CCc1ccc(F)cc1. The van der Waals surface area contributed by atoms with Gasteiger partial charge in [0.05, 0.1) is 11.6 Å². The fourth-order valence-corrected chi connectivity index (χ4v) is 4.03. The van der Waals surface area contributed by atoms with Crippen LogP contribution in [0.2, 0.25) is 0 Å². The molecule has 0 saturated heterocycles. The van der Waals surface area contributed by atoms with Gasteiger partial charge in [0.15, 0.2) is 6.61 Å². The summed E-state index contributed by atoms with van der Waals surface area (Å²) in [4.78, 5) is 12.9. The molecule has 0 fully saturated rings. The van der Waals surface area contributed by atoms with E-state index in [1.54, 1.807) is 24.3 Å². The van der Waals surface area contributed by atoms with Gasteiger partial charge in [0.1, 0.15) is 11.6 Å². The molecule has 0 bridgehead atoms. The smallest absolute Gasteiger partial charge is 0.202 e. The van der Waals surface area contributed by atoms with Crippen molar-refractivity contribution in [1.29, 1.82) is 5.26 Å². The largest absolute Gasteiger partial charge is 0.485 e. The molecule has 0 aliphatic heterocycles. The second-order valence-corrected chi connectivity index (χ2v) is 8.24. The van der Waals surface area contributed by atoms with E-state index < -0.39 is 0 Å². The lowest BCUT2D eigenvalue weighted by atomic mass is 10.0. The summed E-state index contributed by atoms with van der Waals surface area (Å²) in [6, 6.07) is 25.5. The minimum absolute atomic E-state index is 0.0432. The van der Waals surface area contributed by atoms with Crippen molar-refractivity contribution < 1.29 is 13.9 Å². The van der Waals surface area contributed by atoms with Crippen LogP contribution in [0.1, 0.15) is 32.9 Å². The highest BCUT2D eigenvalue weighted by atomic mass is 19.1. The lowest BCUT2D eigenvalue weighted by molar-refractivity contribution is 0.0921. The van der Waals surface area contributed by atoms with E-state index in [-0.39, 0.29) is 18.2 Å². The van der Waals surface area contributed by atoms with Crippen molar-refractivity contribution in [2.75, 3.05) is 6.61 Å². The van der Waals surface area contributed by atoms with E-state index in [1.165, 1.54) is 12.1 Å². The van der Waals surface area contributed by atoms with Crippen molar-refractivity contribution in [2.45, 2.75) is 26.8 Å².